The number of rotatable bonds is 3. The predicted molar refractivity (Wildman–Crippen MR) is 79.0 cm³/mol. The molecular formula is C15H12N2O2S. The third-order valence-corrected chi connectivity index (χ3v) is 4.31. The van der Waals surface area contributed by atoms with E-state index in [0.717, 1.165) is 10.9 Å². The van der Waals surface area contributed by atoms with Crippen molar-refractivity contribution in [2.24, 2.45) is 0 Å². The van der Waals surface area contributed by atoms with Crippen LogP contribution in [0, 0.1) is 0 Å². The van der Waals surface area contributed by atoms with Gasteiger partial charge in [-0.1, -0.05) is 30.3 Å². The van der Waals surface area contributed by atoms with Crippen LogP contribution in [0.25, 0.3) is 10.9 Å². The van der Waals surface area contributed by atoms with Crippen LogP contribution in [-0.4, -0.2) is 13.4 Å². The minimum atomic E-state index is -3.56. The second-order valence-electron chi connectivity index (χ2n) is 4.33. The highest BCUT2D eigenvalue weighted by atomic mass is 32.2. The van der Waals surface area contributed by atoms with Gasteiger partial charge in [0.2, 0.25) is 0 Å². The highest BCUT2D eigenvalue weighted by Crippen LogP contribution is 2.20. The molecule has 0 aliphatic heterocycles. The van der Waals surface area contributed by atoms with Crippen LogP contribution in [0.3, 0.4) is 0 Å². The Kier molecular flexibility index (Phi) is 3.12. The highest BCUT2D eigenvalue weighted by molar-refractivity contribution is 7.92. The van der Waals surface area contributed by atoms with Gasteiger partial charge in [-0.25, -0.2) is 8.42 Å². The molecular weight excluding hydrogens is 272 g/mol. The Morgan fingerprint density at radius 1 is 0.900 bits per heavy atom. The summed E-state index contributed by atoms with van der Waals surface area (Å²) in [6, 6.07) is 17.3. The van der Waals surface area contributed by atoms with E-state index in [1.165, 1.54) is 0 Å². The van der Waals surface area contributed by atoms with Crippen LogP contribution < -0.4 is 4.72 Å². The van der Waals surface area contributed by atoms with Gasteiger partial charge < -0.3 is 0 Å². The van der Waals surface area contributed by atoms with Crippen molar-refractivity contribution in [2.45, 2.75) is 4.90 Å². The molecule has 0 saturated heterocycles. The maximum Gasteiger partial charge on any atom is 0.261 e. The second kappa shape index (κ2) is 4.94. The Morgan fingerprint density at radius 3 is 2.50 bits per heavy atom. The monoisotopic (exact) mass is 284 g/mol. The van der Waals surface area contributed by atoms with Crippen molar-refractivity contribution < 1.29 is 8.42 Å². The molecule has 0 saturated carbocycles. The first-order valence-corrected chi connectivity index (χ1v) is 7.56. The molecule has 5 heteroatoms. The van der Waals surface area contributed by atoms with Crippen LogP contribution in [0.5, 0.6) is 0 Å². The van der Waals surface area contributed by atoms with Crippen molar-refractivity contribution >= 4 is 26.6 Å². The maximum atomic E-state index is 12.2. The summed E-state index contributed by atoms with van der Waals surface area (Å²) in [4.78, 5) is 4.45. The van der Waals surface area contributed by atoms with Gasteiger partial charge in [-0.3, -0.25) is 9.71 Å². The molecule has 0 fully saturated rings. The van der Waals surface area contributed by atoms with E-state index in [-0.39, 0.29) is 4.90 Å². The van der Waals surface area contributed by atoms with Crippen molar-refractivity contribution in [1.29, 1.82) is 0 Å². The van der Waals surface area contributed by atoms with Gasteiger partial charge in [0, 0.05) is 11.6 Å². The molecule has 2 aromatic carbocycles. The first-order valence-electron chi connectivity index (χ1n) is 6.08. The number of fused-ring (bicyclic) bond motifs is 1. The third kappa shape index (κ3) is 2.48. The van der Waals surface area contributed by atoms with Gasteiger partial charge in [-0.05, 0) is 30.3 Å². The molecule has 4 nitrogen and oxygen atoms in total. The van der Waals surface area contributed by atoms with Crippen LogP contribution in [0.2, 0.25) is 0 Å². The number of nitrogens with zero attached hydrogens (tertiary/aromatic N) is 1. The molecule has 3 rings (SSSR count). The van der Waals surface area contributed by atoms with E-state index in [2.05, 4.69) is 9.71 Å². The lowest BCUT2D eigenvalue weighted by atomic mass is 10.2. The quantitative estimate of drug-likeness (QED) is 0.804. The van der Waals surface area contributed by atoms with Gasteiger partial charge in [-0.15, -0.1) is 0 Å². The van der Waals surface area contributed by atoms with Crippen LogP contribution in [0.1, 0.15) is 0 Å². The molecule has 0 bridgehead atoms. The number of anilines is 1. The molecule has 0 amide bonds. The van der Waals surface area contributed by atoms with Gasteiger partial charge in [0.05, 0.1) is 16.1 Å². The molecule has 100 valence electrons. The molecule has 0 aliphatic carbocycles. The van der Waals surface area contributed by atoms with E-state index in [9.17, 15) is 8.42 Å². The highest BCUT2D eigenvalue weighted by Gasteiger charge is 2.13. The summed E-state index contributed by atoms with van der Waals surface area (Å²) in [6.45, 7) is 0. The summed E-state index contributed by atoms with van der Waals surface area (Å²) in [6.07, 6.45) is 1.68. The zero-order valence-electron chi connectivity index (χ0n) is 10.5. The van der Waals surface area contributed by atoms with Crippen molar-refractivity contribution in [3.8, 4) is 0 Å². The standard InChI is InChI=1S/C15H12N2O2S/c18-20(19,14-6-2-1-3-7-14)17-13-9-8-12-5-4-10-16-15(12)11-13/h1-11,17H. The fourth-order valence-electron chi connectivity index (χ4n) is 1.94. The van der Waals surface area contributed by atoms with Crippen molar-refractivity contribution in [1.82, 2.24) is 4.98 Å². The summed E-state index contributed by atoms with van der Waals surface area (Å²) in [7, 11) is -3.56. The summed E-state index contributed by atoms with van der Waals surface area (Å²) in [5, 5.41) is 0.968. The molecule has 0 spiro atoms. The van der Waals surface area contributed by atoms with Gasteiger partial charge in [-0.2, -0.15) is 0 Å². The number of benzene rings is 2. The molecule has 1 heterocycles. The first-order chi connectivity index (χ1) is 9.65. The Bertz CT molecular complexity index is 846. The Balaban J connectivity index is 1.97. The largest absolute Gasteiger partial charge is 0.280 e. The van der Waals surface area contributed by atoms with Crippen LogP contribution in [0.4, 0.5) is 5.69 Å². The van der Waals surface area contributed by atoms with E-state index >= 15 is 0 Å². The number of hydrogen-bond donors (Lipinski definition) is 1. The SMILES string of the molecule is O=S(=O)(Nc1ccc2cccnc2c1)c1ccccc1. The van der Waals surface area contributed by atoms with Crippen LogP contribution in [0.15, 0.2) is 71.8 Å². The number of nitrogens with one attached hydrogen (secondary N) is 1. The smallest absolute Gasteiger partial charge is 0.261 e. The molecule has 1 N–H and O–H groups in total. The lowest BCUT2D eigenvalue weighted by Gasteiger charge is -2.08. The van der Waals surface area contributed by atoms with Gasteiger partial charge >= 0.3 is 0 Å². The van der Waals surface area contributed by atoms with E-state index in [0.29, 0.717) is 5.69 Å². The molecule has 0 atom stereocenters. The zero-order chi connectivity index (χ0) is 14.0. The first kappa shape index (κ1) is 12.6. The summed E-state index contributed by atoms with van der Waals surface area (Å²) >= 11 is 0. The fourth-order valence-corrected chi connectivity index (χ4v) is 3.01. The third-order valence-electron chi connectivity index (χ3n) is 2.91. The lowest BCUT2D eigenvalue weighted by molar-refractivity contribution is 0.601. The Hall–Kier alpha value is -2.40. The minimum Gasteiger partial charge on any atom is -0.280 e. The Morgan fingerprint density at radius 2 is 1.70 bits per heavy atom. The number of pyridine rings is 1. The molecule has 0 aliphatic rings. The number of aromatic nitrogens is 1. The zero-order valence-corrected chi connectivity index (χ0v) is 11.3. The molecule has 3 aromatic rings. The van der Waals surface area contributed by atoms with Crippen LogP contribution in [-0.2, 0) is 10.0 Å². The molecule has 0 radical (unpaired) electrons. The summed E-state index contributed by atoms with van der Waals surface area (Å²) < 4.78 is 27.0. The molecule has 0 unspecified atom stereocenters. The number of sulfonamides is 1. The van der Waals surface area contributed by atoms with Crippen molar-refractivity contribution in [3.05, 3.63) is 66.9 Å². The molecule has 1 aromatic heterocycles. The topological polar surface area (TPSA) is 59.1 Å². The number of hydrogen-bond acceptors (Lipinski definition) is 3. The van der Waals surface area contributed by atoms with Gasteiger partial charge in [0.15, 0.2) is 0 Å². The lowest BCUT2D eigenvalue weighted by Crippen LogP contribution is -2.12. The average Bonchev–Trinajstić information content (AvgIpc) is 2.48. The van der Waals surface area contributed by atoms with E-state index in [1.54, 1.807) is 48.7 Å². The average molecular weight is 284 g/mol. The van der Waals surface area contributed by atoms with Crippen molar-refractivity contribution in [3.63, 3.8) is 0 Å². The van der Waals surface area contributed by atoms with Gasteiger partial charge in [0.1, 0.15) is 0 Å². The second-order valence-corrected chi connectivity index (χ2v) is 6.01. The normalized spacial score (nSPS) is 11.4. The van der Waals surface area contributed by atoms with Gasteiger partial charge in [0.25, 0.3) is 10.0 Å². The summed E-state index contributed by atoms with van der Waals surface area (Å²) in [5.74, 6) is 0. The molecule has 20 heavy (non-hydrogen) atoms. The van der Waals surface area contributed by atoms with E-state index < -0.39 is 10.0 Å². The maximum absolute atomic E-state index is 12.2. The van der Waals surface area contributed by atoms with Crippen LogP contribution >= 0.6 is 0 Å². The summed E-state index contributed by atoms with van der Waals surface area (Å²) in [5.41, 5.74) is 1.25. The predicted octanol–water partition coefficient (Wildman–Crippen LogP) is 3.04. The van der Waals surface area contributed by atoms with E-state index in [4.69, 9.17) is 0 Å². The Labute approximate surface area is 117 Å². The van der Waals surface area contributed by atoms with E-state index in [1.807, 2.05) is 18.2 Å². The minimum absolute atomic E-state index is 0.237. The van der Waals surface area contributed by atoms with Crippen molar-refractivity contribution in [2.75, 3.05) is 4.72 Å². The fraction of sp³-hybridized carbons (Fsp3) is 0.